The van der Waals surface area contributed by atoms with Gasteiger partial charge in [0.25, 0.3) is 0 Å². The fourth-order valence-electron chi connectivity index (χ4n) is 0.608. The summed E-state index contributed by atoms with van der Waals surface area (Å²) in [5.41, 5.74) is 1.07. The van der Waals surface area contributed by atoms with Crippen LogP contribution in [-0.4, -0.2) is 18.3 Å². The molecular weight excluding hydrogens is 220 g/mol. The molecule has 3 heteroatoms. The summed E-state index contributed by atoms with van der Waals surface area (Å²) in [6.07, 6.45) is 1.93. The molecule has 1 unspecified atom stereocenters. The fourth-order valence-corrected chi connectivity index (χ4v) is 0.969. The first-order valence-corrected chi connectivity index (χ1v) is 4.54. The summed E-state index contributed by atoms with van der Waals surface area (Å²) >= 11 is 3.24. The van der Waals surface area contributed by atoms with Crippen LogP contribution in [0.2, 0.25) is 0 Å². The SMILES string of the molecule is COC(C)/C(C)=C/C(Br)=C(\C)O. The van der Waals surface area contributed by atoms with Gasteiger partial charge in [-0.2, -0.15) is 0 Å². The van der Waals surface area contributed by atoms with Crippen molar-refractivity contribution in [3.8, 4) is 0 Å². The molecule has 0 aliphatic carbocycles. The lowest BCUT2D eigenvalue weighted by Gasteiger charge is -2.09. The minimum absolute atomic E-state index is 0.0805. The molecule has 1 N–H and O–H groups in total. The van der Waals surface area contributed by atoms with Crippen LogP contribution in [0.4, 0.5) is 0 Å². The smallest absolute Gasteiger partial charge is 0.103 e. The third-order valence-electron chi connectivity index (χ3n) is 1.69. The lowest BCUT2D eigenvalue weighted by molar-refractivity contribution is 0.147. The summed E-state index contributed by atoms with van der Waals surface area (Å²) in [4.78, 5) is 0. The normalized spacial score (nSPS) is 17.2. The molecule has 70 valence electrons. The van der Waals surface area contributed by atoms with Crippen LogP contribution in [0.3, 0.4) is 0 Å². The van der Waals surface area contributed by atoms with E-state index in [1.165, 1.54) is 0 Å². The number of hydrogen-bond donors (Lipinski definition) is 1. The maximum Gasteiger partial charge on any atom is 0.103 e. The van der Waals surface area contributed by atoms with Crippen molar-refractivity contribution in [1.29, 1.82) is 0 Å². The molecular formula is C9H15BrO2. The first-order valence-electron chi connectivity index (χ1n) is 3.75. The van der Waals surface area contributed by atoms with E-state index in [4.69, 9.17) is 9.84 Å². The van der Waals surface area contributed by atoms with Crippen molar-refractivity contribution >= 4 is 15.9 Å². The van der Waals surface area contributed by atoms with Gasteiger partial charge in [0.2, 0.25) is 0 Å². The largest absolute Gasteiger partial charge is 0.511 e. The molecule has 0 aliphatic heterocycles. The number of aliphatic hydroxyl groups is 1. The Morgan fingerprint density at radius 3 is 2.33 bits per heavy atom. The number of rotatable bonds is 3. The Morgan fingerprint density at radius 1 is 1.50 bits per heavy atom. The van der Waals surface area contributed by atoms with E-state index in [1.807, 2.05) is 19.9 Å². The predicted octanol–water partition coefficient (Wildman–Crippen LogP) is 3.15. The van der Waals surface area contributed by atoms with Gasteiger partial charge in [-0.3, -0.25) is 0 Å². The van der Waals surface area contributed by atoms with E-state index in [0.29, 0.717) is 4.48 Å². The highest BCUT2D eigenvalue weighted by Crippen LogP contribution is 2.16. The average Bonchev–Trinajstić information content (AvgIpc) is 2.02. The molecule has 0 aromatic carbocycles. The maximum atomic E-state index is 9.07. The quantitative estimate of drug-likeness (QED) is 0.601. The van der Waals surface area contributed by atoms with Crippen molar-refractivity contribution in [2.45, 2.75) is 26.9 Å². The van der Waals surface area contributed by atoms with Crippen molar-refractivity contribution in [1.82, 2.24) is 0 Å². The van der Waals surface area contributed by atoms with E-state index in [2.05, 4.69) is 15.9 Å². The monoisotopic (exact) mass is 234 g/mol. The number of methoxy groups -OCH3 is 1. The summed E-state index contributed by atoms with van der Waals surface area (Å²) in [5.74, 6) is 0.276. The number of aliphatic hydroxyl groups excluding tert-OH is 1. The van der Waals surface area contributed by atoms with Crippen LogP contribution in [0.15, 0.2) is 21.9 Å². The molecule has 0 aromatic rings. The zero-order valence-corrected chi connectivity index (χ0v) is 9.47. The molecule has 0 aliphatic rings. The minimum Gasteiger partial charge on any atom is -0.511 e. The summed E-state index contributed by atoms with van der Waals surface area (Å²) in [6, 6.07) is 0. The van der Waals surface area contributed by atoms with Gasteiger partial charge in [0.05, 0.1) is 10.6 Å². The molecule has 0 heterocycles. The van der Waals surface area contributed by atoms with Crippen LogP contribution in [0.5, 0.6) is 0 Å². The van der Waals surface area contributed by atoms with Gasteiger partial charge in [0.1, 0.15) is 5.76 Å². The lowest BCUT2D eigenvalue weighted by atomic mass is 10.2. The lowest BCUT2D eigenvalue weighted by Crippen LogP contribution is -2.05. The Kier molecular flexibility index (Phi) is 5.25. The van der Waals surface area contributed by atoms with Crippen molar-refractivity contribution in [3.63, 3.8) is 0 Å². The highest BCUT2D eigenvalue weighted by molar-refractivity contribution is 9.11. The molecule has 0 bridgehead atoms. The number of allylic oxidation sites excluding steroid dienone is 3. The van der Waals surface area contributed by atoms with Gasteiger partial charge in [-0.05, 0) is 48.4 Å². The predicted molar refractivity (Wildman–Crippen MR) is 54.5 cm³/mol. The summed E-state index contributed by atoms with van der Waals surface area (Å²) < 4.78 is 5.80. The van der Waals surface area contributed by atoms with Crippen molar-refractivity contribution in [3.05, 3.63) is 21.9 Å². The van der Waals surface area contributed by atoms with Gasteiger partial charge in [-0.1, -0.05) is 0 Å². The molecule has 0 saturated heterocycles. The van der Waals surface area contributed by atoms with Gasteiger partial charge in [-0.15, -0.1) is 0 Å². The van der Waals surface area contributed by atoms with Crippen LogP contribution in [0.25, 0.3) is 0 Å². The first-order chi connectivity index (χ1) is 5.49. The Bertz CT molecular complexity index is 203. The molecule has 2 nitrogen and oxygen atoms in total. The molecule has 0 spiro atoms. The van der Waals surface area contributed by atoms with E-state index in [1.54, 1.807) is 14.0 Å². The summed E-state index contributed by atoms with van der Waals surface area (Å²) in [5, 5.41) is 9.07. The highest BCUT2D eigenvalue weighted by atomic mass is 79.9. The summed E-state index contributed by atoms with van der Waals surface area (Å²) in [6.45, 7) is 5.54. The fraction of sp³-hybridized carbons (Fsp3) is 0.556. The van der Waals surface area contributed by atoms with Crippen LogP contribution in [0, 0.1) is 0 Å². The van der Waals surface area contributed by atoms with E-state index < -0.39 is 0 Å². The second-order valence-electron chi connectivity index (χ2n) is 2.70. The Balaban J connectivity index is 4.46. The summed E-state index contributed by atoms with van der Waals surface area (Å²) in [7, 11) is 1.66. The topological polar surface area (TPSA) is 29.5 Å². The number of ether oxygens (including phenoxy) is 1. The highest BCUT2D eigenvalue weighted by Gasteiger charge is 2.02. The van der Waals surface area contributed by atoms with E-state index in [0.717, 1.165) is 5.57 Å². The van der Waals surface area contributed by atoms with Gasteiger partial charge >= 0.3 is 0 Å². The van der Waals surface area contributed by atoms with Crippen molar-refractivity contribution < 1.29 is 9.84 Å². The van der Waals surface area contributed by atoms with Gasteiger partial charge < -0.3 is 9.84 Å². The third-order valence-corrected chi connectivity index (χ3v) is 2.50. The van der Waals surface area contributed by atoms with Crippen molar-refractivity contribution in [2.75, 3.05) is 7.11 Å². The second-order valence-corrected chi connectivity index (χ2v) is 3.55. The van der Waals surface area contributed by atoms with E-state index >= 15 is 0 Å². The molecule has 0 radical (unpaired) electrons. The molecule has 12 heavy (non-hydrogen) atoms. The number of halogens is 1. The number of hydrogen-bond acceptors (Lipinski definition) is 2. The van der Waals surface area contributed by atoms with E-state index in [-0.39, 0.29) is 11.9 Å². The Hall–Kier alpha value is -0.280. The molecule has 0 aromatic heterocycles. The first kappa shape index (κ1) is 11.7. The van der Waals surface area contributed by atoms with Gasteiger partial charge in [0, 0.05) is 7.11 Å². The van der Waals surface area contributed by atoms with Gasteiger partial charge in [0.15, 0.2) is 0 Å². The zero-order valence-electron chi connectivity index (χ0n) is 7.89. The van der Waals surface area contributed by atoms with Crippen molar-refractivity contribution in [2.24, 2.45) is 0 Å². The van der Waals surface area contributed by atoms with Crippen LogP contribution in [-0.2, 0) is 4.74 Å². The van der Waals surface area contributed by atoms with E-state index in [9.17, 15) is 0 Å². The van der Waals surface area contributed by atoms with Gasteiger partial charge in [-0.25, -0.2) is 0 Å². The molecule has 0 saturated carbocycles. The minimum atomic E-state index is 0.0805. The van der Waals surface area contributed by atoms with Crippen LogP contribution >= 0.6 is 15.9 Å². The van der Waals surface area contributed by atoms with Crippen LogP contribution < -0.4 is 0 Å². The standard InChI is InChI=1S/C9H15BrO2/c1-6(8(3)12-4)5-9(10)7(2)11/h5,8,11H,1-4H3/b6-5+,9-7-. The Morgan fingerprint density at radius 2 is 2.00 bits per heavy atom. The van der Waals surface area contributed by atoms with Crippen LogP contribution in [0.1, 0.15) is 20.8 Å². The second kappa shape index (κ2) is 5.38. The molecule has 0 fully saturated rings. The Labute approximate surface area is 82.1 Å². The average molecular weight is 235 g/mol. The maximum absolute atomic E-state index is 9.07. The molecule has 0 rings (SSSR count). The molecule has 0 amide bonds. The molecule has 1 atom stereocenters. The zero-order chi connectivity index (χ0) is 9.72. The third kappa shape index (κ3) is 3.93.